The van der Waals surface area contributed by atoms with Crippen LogP contribution in [-0.2, 0) is 16.6 Å². The third-order valence-electron chi connectivity index (χ3n) is 3.80. The molecule has 4 nitrogen and oxygen atoms in total. The zero-order valence-electron chi connectivity index (χ0n) is 13.8. The smallest absolute Gasteiger partial charge is 0.241 e. The van der Waals surface area contributed by atoms with E-state index in [1.807, 2.05) is 40.7 Å². The van der Waals surface area contributed by atoms with Gasteiger partial charge in [-0.15, -0.1) is 0 Å². The molecule has 0 fully saturated rings. The molecular formula is C16H28N2O2S. The van der Waals surface area contributed by atoms with Crippen LogP contribution < -0.4 is 10.0 Å². The van der Waals surface area contributed by atoms with Crippen LogP contribution in [0.5, 0.6) is 0 Å². The summed E-state index contributed by atoms with van der Waals surface area (Å²) >= 11 is 0. The van der Waals surface area contributed by atoms with Gasteiger partial charge in [0, 0.05) is 12.6 Å². The van der Waals surface area contributed by atoms with E-state index in [2.05, 4.69) is 10.0 Å². The summed E-state index contributed by atoms with van der Waals surface area (Å²) in [7, 11) is -3.46. The molecule has 21 heavy (non-hydrogen) atoms. The molecular weight excluding hydrogens is 284 g/mol. The Morgan fingerprint density at radius 1 is 1.05 bits per heavy atom. The number of hydrogen-bond acceptors (Lipinski definition) is 3. The van der Waals surface area contributed by atoms with E-state index >= 15 is 0 Å². The molecule has 0 spiro atoms. The van der Waals surface area contributed by atoms with Crippen LogP contribution in [0.2, 0.25) is 0 Å². The summed E-state index contributed by atoms with van der Waals surface area (Å²) < 4.78 is 28.0. The normalized spacial score (nSPS) is 12.1. The summed E-state index contributed by atoms with van der Waals surface area (Å²) in [4.78, 5) is 0.396. The van der Waals surface area contributed by atoms with E-state index in [4.69, 9.17) is 0 Å². The lowest BCUT2D eigenvalue weighted by Gasteiger charge is -2.18. The first-order chi connectivity index (χ1) is 9.85. The molecule has 0 unspecified atom stereocenters. The summed E-state index contributed by atoms with van der Waals surface area (Å²) in [5, 5.41) is 3.25. The second-order valence-electron chi connectivity index (χ2n) is 5.46. The van der Waals surface area contributed by atoms with Gasteiger partial charge in [0.2, 0.25) is 10.0 Å². The van der Waals surface area contributed by atoms with Crippen molar-refractivity contribution in [1.29, 1.82) is 0 Å². The van der Waals surface area contributed by atoms with Crippen molar-refractivity contribution in [3.63, 3.8) is 0 Å². The molecule has 1 rings (SSSR count). The first-order valence-corrected chi connectivity index (χ1v) is 9.17. The lowest BCUT2D eigenvalue weighted by Crippen LogP contribution is -2.34. The van der Waals surface area contributed by atoms with Gasteiger partial charge < -0.3 is 5.32 Å². The van der Waals surface area contributed by atoms with Gasteiger partial charge in [-0.3, -0.25) is 0 Å². The van der Waals surface area contributed by atoms with Crippen molar-refractivity contribution in [2.45, 2.75) is 64.9 Å². The Hall–Kier alpha value is -0.910. The van der Waals surface area contributed by atoms with Crippen molar-refractivity contribution >= 4 is 10.0 Å². The minimum Gasteiger partial charge on any atom is -0.313 e. The molecule has 0 aliphatic heterocycles. The predicted molar refractivity (Wildman–Crippen MR) is 88.0 cm³/mol. The molecule has 0 saturated carbocycles. The molecule has 0 radical (unpaired) electrons. The second kappa shape index (κ2) is 7.92. The van der Waals surface area contributed by atoms with Gasteiger partial charge in [0.1, 0.15) is 0 Å². The van der Waals surface area contributed by atoms with E-state index < -0.39 is 10.0 Å². The summed E-state index contributed by atoms with van der Waals surface area (Å²) in [5.41, 5.74) is 2.95. The first kappa shape index (κ1) is 18.1. The minimum atomic E-state index is -3.46. The first-order valence-electron chi connectivity index (χ1n) is 7.68. The largest absolute Gasteiger partial charge is 0.313 e. The number of sulfonamides is 1. The number of rotatable bonds is 8. The Morgan fingerprint density at radius 3 is 2.19 bits per heavy atom. The summed E-state index contributed by atoms with van der Waals surface area (Å²) in [6.45, 7) is 11.5. The van der Waals surface area contributed by atoms with Crippen molar-refractivity contribution in [3.05, 3.63) is 28.8 Å². The van der Waals surface area contributed by atoms with Gasteiger partial charge in [0.05, 0.1) is 4.90 Å². The average Bonchev–Trinajstić information content (AvgIpc) is 2.43. The van der Waals surface area contributed by atoms with Gasteiger partial charge in [0.25, 0.3) is 0 Å². The van der Waals surface area contributed by atoms with Gasteiger partial charge in [0.15, 0.2) is 0 Å². The van der Waals surface area contributed by atoms with Crippen LogP contribution in [0.15, 0.2) is 17.0 Å². The van der Waals surface area contributed by atoms with Crippen LogP contribution in [0.1, 0.15) is 50.3 Å². The monoisotopic (exact) mass is 312 g/mol. The third kappa shape index (κ3) is 4.80. The maximum absolute atomic E-state index is 12.6. The fourth-order valence-corrected chi connectivity index (χ4v) is 4.03. The molecule has 0 atom stereocenters. The maximum atomic E-state index is 12.6. The van der Waals surface area contributed by atoms with Crippen molar-refractivity contribution < 1.29 is 8.42 Å². The number of nitrogens with one attached hydrogen (secondary N) is 2. The molecule has 0 amide bonds. The lowest BCUT2D eigenvalue weighted by atomic mass is 10.1. The van der Waals surface area contributed by atoms with Crippen LogP contribution in [0.25, 0.3) is 0 Å². The summed E-state index contributed by atoms with van der Waals surface area (Å²) in [5.74, 6) is 0. The Morgan fingerprint density at radius 2 is 1.67 bits per heavy atom. The van der Waals surface area contributed by atoms with E-state index in [0.717, 1.165) is 36.1 Å². The molecule has 0 bridgehead atoms. The fourth-order valence-electron chi connectivity index (χ4n) is 2.35. The topological polar surface area (TPSA) is 58.2 Å². The van der Waals surface area contributed by atoms with Crippen LogP contribution in [0, 0.1) is 13.8 Å². The summed E-state index contributed by atoms with van der Waals surface area (Å²) in [6, 6.07) is 3.75. The molecule has 0 aliphatic carbocycles. The molecule has 120 valence electrons. The fraction of sp³-hybridized carbons (Fsp3) is 0.625. The lowest BCUT2D eigenvalue weighted by molar-refractivity contribution is 0.529. The van der Waals surface area contributed by atoms with Crippen molar-refractivity contribution in [1.82, 2.24) is 10.0 Å². The zero-order valence-corrected chi connectivity index (χ0v) is 14.6. The van der Waals surface area contributed by atoms with Crippen molar-refractivity contribution in [2.75, 3.05) is 6.54 Å². The number of hydrogen-bond donors (Lipinski definition) is 2. The quantitative estimate of drug-likeness (QED) is 0.776. The Bertz CT molecular complexity index is 564. The molecule has 1 aromatic carbocycles. The van der Waals surface area contributed by atoms with Crippen LogP contribution in [0.3, 0.4) is 0 Å². The van der Waals surface area contributed by atoms with Crippen LogP contribution in [-0.4, -0.2) is 21.0 Å². The molecule has 0 aromatic heterocycles. The van der Waals surface area contributed by atoms with Crippen LogP contribution in [0.4, 0.5) is 0 Å². The standard InChI is InChI=1S/C16H28N2O2S/c1-6-15(7-2)18-21(19,20)16-10-14(11-17-8-3)12(4)9-13(16)5/h9-10,15,17-18H,6-8,11H2,1-5H3. The molecule has 0 saturated heterocycles. The second-order valence-corrected chi connectivity index (χ2v) is 7.14. The van der Waals surface area contributed by atoms with Crippen molar-refractivity contribution in [2.24, 2.45) is 0 Å². The van der Waals surface area contributed by atoms with E-state index in [1.54, 1.807) is 6.07 Å². The highest BCUT2D eigenvalue weighted by atomic mass is 32.2. The highest BCUT2D eigenvalue weighted by Crippen LogP contribution is 2.21. The highest BCUT2D eigenvalue weighted by molar-refractivity contribution is 7.89. The third-order valence-corrected chi connectivity index (χ3v) is 5.46. The van der Waals surface area contributed by atoms with E-state index in [9.17, 15) is 8.42 Å². The van der Waals surface area contributed by atoms with E-state index in [1.165, 1.54) is 0 Å². The zero-order chi connectivity index (χ0) is 16.0. The van der Waals surface area contributed by atoms with Gasteiger partial charge in [-0.25, -0.2) is 13.1 Å². The maximum Gasteiger partial charge on any atom is 0.241 e. The summed E-state index contributed by atoms with van der Waals surface area (Å²) in [6.07, 6.45) is 1.59. The molecule has 0 aliphatic rings. The predicted octanol–water partition coefficient (Wildman–Crippen LogP) is 2.88. The molecule has 5 heteroatoms. The van der Waals surface area contributed by atoms with Crippen molar-refractivity contribution in [3.8, 4) is 0 Å². The number of aryl methyl sites for hydroxylation is 2. The van der Waals surface area contributed by atoms with Crippen LogP contribution >= 0.6 is 0 Å². The van der Waals surface area contributed by atoms with Gasteiger partial charge >= 0.3 is 0 Å². The Kier molecular flexibility index (Phi) is 6.84. The van der Waals surface area contributed by atoms with Gasteiger partial charge in [-0.05, 0) is 56.0 Å². The highest BCUT2D eigenvalue weighted by Gasteiger charge is 2.21. The molecule has 1 aromatic rings. The van der Waals surface area contributed by atoms with Gasteiger partial charge in [-0.2, -0.15) is 0 Å². The minimum absolute atomic E-state index is 0.00656. The van der Waals surface area contributed by atoms with E-state index in [-0.39, 0.29) is 6.04 Å². The molecule has 2 N–H and O–H groups in total. The van der Waals surface area contributed by atoms with E-state index in [0.29, 0.717) is 11.4 Å². The number of benzene rings is 1. The Labute approximate surface area is 129 Å². The Balaban J connectivity index is 3.16. The molecule has 0 heterocycles. The average molecular weight is 312 g/mol. The van der Waals surface area contributed by atoms with Gasteiger partial charge in [-0.1, -0.05) is 26.8 Å². The SMILES string of the molecule is CCNCc1cc(S(=O)(=O)NC(CC)CC)c(C)cc1C.